The number of hydrogen-bond donors (Lipinski definition) is 0. The predicted octanol–water partition coefficient (Wildman–Crippen LogP) is 5.15. The number of hydrogen-bond acceptors (Lipinski definition) is 0. The average molecular weight is 216 g/mol. The third-order valence-electron chi connectivity index (χ3n) is 2.91. The van der Waals surface area contributed by atoms with Crippen LogP contribution in [0.3, 0.4) is 0 Å². The van der Waals surface area contributed by atoms with Gasteiger partial charge in [0.1, 0.15) is 0 Å². The maximum absolute atomic E-state index is 2.27. The topological polar surface area (TPSA) is 0 Å². The van der Waals surface area contributed by atoms with Crippen LogP contribution in [0.2, 0.25) is 0 Å². The van der Waals surface area contributed by atoms with Crippen molar-refractivity contribution in [2.45, 2.75) is 51.9 Å². The van der Waals surface area contributed by atoms with E-state index in [2.05, 4.69) is 49.4 Å². The Bertz CT molecular complexity index is 271. The molecule has 0 fully saturated rings. The van der Waals surface area contributed by atoms with Crippen LogP contribution < -0.4 is 0 Å². The van der Waals surface area contributed by atoms with Crippen LogP contribution in [-0.2, 0) is 6.42 Å². The molecule has 0 unspecified atom stereocenters. The summed E-state index contributed by atoms with van der Waals surface area (Å²) in [6.45, 7) is 2.10. The molecule has 0 aliphatic heterocycles. The van der Waals surface area contributed by atoms with Crippen molar-refractivity contribution in [3.8, 4) is 0 Å². The molecule has 0 radical (unpaired) electrons. The molecule has 0 spiro atoms. The van der Waals surface area contributed by atoms with Gasteiger partial charge in [0, 0.05) is 0 Å². The smallest absolute Gasteiger partial charge is 0.0279 e. The lowest BCUT2D eigenvalue weighted by molar-refractivity contribution is 0.617. The molecule has 0 nitrogen and oxygen atoms in total. The second-order valence-electron chi connectivity index (χ2n) is 4.36. The van der Waals surface area contributed by atoms with Gasteiger partial charge in [0.2, 0.25) is 0 Å². The van der Waals surface area contributed by atoms with Crippen molar-refractivity contribution in [1.82, 2.24) is 0 Å². The van der Waals surface area contributed by atoms with E-state index in [0.29, 0.717) is 0 Å². The zero-order valence-corrected chi connectivity index (χ0v) is 10.5. The van der Waals surface area contributed by atoms with Crippen LogP contribution in [0.25, 0.3) is 0 Å². The Balaban J connectivity index is 1.92. The van der Waals surface area contributed by atoms with Gasteiger partial charge in [0.15, 0.2) is 0 Å². The number of rotatable bonds is 8. The minimum atomic E-state index is 1.25. The van der Waals surface area contributed by atoms with E-state index in [4.69, 9.17) is 0 Å². The SMILES string of the molecule is CC=CCCCCCCCc1ccccc1. The maximum Gasteiger partial charge on any atom is -0.0279 e. The Morgan fingerprint density at radius 2 is 1.56 bits per heavy atom. The summed E-state index contributed by atoms with van der Waals surface area (Å²) in [5, 5.41) is 0. The fraction of sp³-hybridized carbons (Fsp3) is 0.500. The van der Waals surface area contributed by atoms with Gasteiger partial charge in [-0.15, -0.1) is 0 Å². The highest BCUT2D eigenvalue weighted by atomic mass is 14.0. The van der Waals surface area contributed by atoms with Crippen molar-refractivity contribution in [3.05, 3.63) is 48.0 Å². The fourth-order valence-electron chi connectivity index (χ4n) is 1.93. The summed E-state index contributed by atoms with van der Waals surface area (Å²) >= 11 is 0. The molecule has 0 saturated heterocycles. The van der Waals surface area contributed by atoms with Gasteiger partial charge in [0.05, 0.1) is 0 Å². The van der Waals surface area contributed by atoms with E-state index < -0.39 is 0 Å². The van der Waals surface area contributed by atoms with Gasteiger partial charge in [0.25, 0.3) is 0 Å². The third-order valence-corrected chi connectivity index (χ3v) is 2.91. The first-order valence-electron chi connectivity index (χ1n) is 6.58. The molecule has 0 bridgehead atoms. The monoisotopic (exact) mass is 216 g/mol. The Morgan fingerprint density at radius 1 is 0.875 bits per heavy atom. The van der Waals surface area contributed by atoms with Crippen LogP contribution >= 0.6 is 0 Å². The van der Waals surface area contributed by atoms with E-state index in [1.54, 1.807) is 0 Å². The highest BCUT2D eigenvalue weighted by Gasteiger charge is 1.92. The first-order valence-corrected chi connectivity index (χ1v) is 6.58. The van der Waals surface area contributed by atoms with Gasteiger partial charge < -0.3 is 0 Å². The van der Waals surface area contributed by atoms with Crippen LogP contribution in [0.5, 0.6) is 0 Å². The van der Waals surface area contributed by atoms with Crippen LogP contribution in [0.4, 0.5) is 0 Å². The molecule has 0 aliphatic rings. The molecule has 0 atom stereocenters. The normalized spacial score (nSPS) is 11.1. The van der Waals surface area contributed by atoms with Crippen LogP contribution in [0.1, 0.15) is 51.0 Å². The van der Waals surface area contributed by atoms with E-state index >= 15 is 0 Å². The lowest BCUT2D eigenvalue weighted by atomic mass is 10.0. The zero-order chi connectivity index (χ0) is 11.5. The maximum atomic E-state index is 2.27. The summed E-state index contributed by atoms with van der Waals surface area (Å²) in [5.41, 5.74) is 1.48. The Hall–Kier alpha value is -1.04. The fourth-order valence-corrected chi connectivity index (χ4v) is 1.93. The minimum Gasteiger partial charge on any atom is -0.0917 e. The molecule has 0 heteroatoms. The Kier molecular flexibility index (Phi) is 7.49. The number of allylic oxidation sites excluding steroid dienone is 2. The van der Waals surface area contributed by atoms with Gasteiger partial charge in [-0.05, 0) is 38.2 Å². The minimum absolute atomic E-state index is 1.25. The predicted molar refractivity (Wildman–Crippen MR) is 72.7 cm³/mol. The molecular formula is C16H24. The van der Waals surface area contributed by atoms with Gasteiger partial charge in [-0.3, -0.25) is 0 Å². The van der Waals surface area contributed by atoms with Crippen molar-refractivity contribution < 1.29 is 0 Å². The van der Waals surface area contributed by atoms with Gasteiger partial charge in [-0.25, -0.2) is 0 Å². The third kappa shape index (κ3) is 6.44. The molecule has 0 heterocycles. The zero-order valence-electron chi connectivity index (χ0n) is 10.5. The van der Waals surface area contributed by atoms with E-state index in [9.17, 15) is 0 Å². The standard InChI is InChI=1S/C16H24/c1-2-3-4-5-6-7-8-10-13-16-14-11-9-12-15-16/h2-3,9,11-12,14-15H,4-8,10,13H2,1H3. The van der Waals surface area contributed by atoms with Crippen molar-refractivity contribution in [3.63, 3.8) is 0 Å². The van der Waals surface area contributed by atoms with Gasteiger partial charge in [-0.2, -0.15) is 0 Å². The molecule has 88 valence electrons. The first kappa shape index (κ1) is 13.0. The van der Waals surface area contributed by atoms with E-state index in [0.717, 1.165) is 0 Å². The summed E-state index contributed by atoms with van der Waals surface area (Å²) in [5.74, 6) is 0. The molecular weight excluding hydrogens is 192 g/mol. The molecule has 1 aromatic rings. The summed E-state index contributed by atoms with van der Waals surface area (Å²) in [4.78, 5) is 0. The van der Waals surface area contributed by atoms with Crippen LogP contribution in [0, 0.1) is 0 Å². The van der Waals surface area contributed by atoms with Crippen molar-refractivity contribution in [2.75, 3.05) is 0 Å². The van der Waals surface area contributed by atoms with Crippen LogP contribution in [0.15, 0.2) is 42.5 Å². The quantitative estimate of drug-likeness (QED) is 0.416. The lowest BCUT2D eigenvalue weighted by Gasteiger charge is -2.01. The molecule has 1 aromatic carbocycles. The second-order valence-corrected chi connectivity index (χ2v) is 4.36. The number of unbranched alkanes of at least 4 members (excludes halogenated alkanes) is 5. The summed E-state index contributed by atoms with van der Waals surface area (Å²) in [7, 11) is 0. The number of benzene rings is 1. The molecule has 1 rings (SSSR count). The lowest BCUT2D eigenvalue weighted by Crippen LogP contribution is -1.85. The molecule has 0 aromatic heterocycles. The van der Waals surface area contributed by atoms with E-state index in [1.807, 2.05) is 0 Å². The van der Waals surface area contributed by atoms with E-state index in [-0.39, 0.29) is 0 Å². The molecule has 0 amide bonds. The average Bonchev–Trinajstić information content (AvgIpc) is 2.34. The summed E-state index contributed by atoms with van der Waals surface area (Å²) < 4.78 is 0. The highest BCUT2D eigenvalue weighted by molar-refractivity contribution is 5.14. The molecule has 0 N–H and O–H groups in total. The number of aryl methyl sites for hydroxylation is 1. The first-order chi connectivity index (χ1) is 7.93. The van der Waals surface area contributed by atoms with Crippen molar-refractivity contribution in [2.24, 2.45) is 0 Å². The molecule has 0 aliphatic carbocycles. The summed E-state index contributed by atoms with van der Waals surface area (Å²) in [6, 6.07) is 10.8. The Labute approximate surface area is 100 Å². The van der Waals surface area contributed by atoms with Crippen LogP contribution in [-0.4, -0.2) is 0 Å². The second kappa shape index (κ2) is 9.21. The van der Waals surface area contributed by atoms with Gasteiger partial charge >= 0.3 is 0 Å². The Morgan fingerprint density at radius 3 is 2.31 bits per heavy atom. The largest absolute Gasteiger partial charge is 0.0917 e. The highest BCUT2D eigenvalue weighted by Crippen LogP contribution is 2.09. The van der Waals surface area contributed by atoms with Crippen molar-refractivity contribution in [1.29, 1.82) is 0 Å². The molecule has 0 saturated carbocycles. The van der Waals surface area contributed by atoms with Gasteiger partial charge in [-0.1, -0.05) is 61.7 Å². The molecule has 16 heavy (non-hydrogen) atoms. The van der Waals surface area contributed by atoms with Crippen molar-refractivity contribution >= 4 is 0 Å². The van der Waals surface area contributed by atoms with E-state index in [1.165, 1.54) is 50.5 Å². The summed E-state index contributed by atoms with van der Waals surface area (Å²) in [6.07, 6.45) is 13.8.